The Hall–Kier alpha value is -2.74. The van der Waals surface area contributed by atoms with E-state index in [2.05, 4.69) is 25.7 Å². The summed E-state index contributed by atoms with van der Waals surface area (Å²) in [4.78, 5) is 40.3. The highest BCUT2D eigenvalue weighted by atomic mass is 79.9. The number of hydrogen-bond acceptors (Lipinski definition) is 7. The summed E-state index contributed by atoms with van der Waals surface area (Å²) >= 11 is 3.22. The van der Waals surface area contributed by atoms with Crippen LogP contribution in [0.25, 0.3) is 0 Å². The van der Waals surface area contributed by atoms with E-state index in [1.54, 1.807) is 13.0 Å². The smallest absolute Gasteiger partial charge is 0.357 e. The molecule has 0 aliphatic heterocycles. The first-order valence-electron chi connectivity index (χ1n) is 7.17. The van der Waals surface area contributed by atoms with E-state index in [-0.39, 0.29) is 34.7 Å². The van der Waals surface area contributed by atoms with Gasteiger partial charge in [0.25, 0.3) is 0 Å². The lowest BCUT2D eigenvalue weighted by atomic mass is 10.0. The number of nitrogens with zero attached hydrogens (tertiary/aromatic N) is 1. The number of carbonyl (C=O) groups is 3. The number of carbonyl (C=O) groups excluding carboxylic acids is 3. The van der Waals surface area contributed by atoms with E-state index in [0.717, 1.165) is 13.3 Å². The van der Waals surface area contributed by atoms with Gasteiger partial charge in [0.15, 0.2) is 11.5 Å². The van der Waals surface area contributed by atoms with E-state index in [9.17, 15) is 19.5 Å². The topological polar surface area (TPSA) is 103 Å². The number of ether oxygens (including phenoxy) is 2. The molecule has 0 atom stereocenters. The van der Waals surface area contributed by atoms with Crippen molar-refractivity contribution in [3.8, 4) is 5.75 Å². The molecule has 1 heterocycles. The number of aromatic nitrogens is 1. The van der Waals surface area contributed by atoms with Gasteiger partial charge in [0, 0.05) is 16.2 Å². The third-order valence-corrected chi connectivity index (χ3v) is 3.72. The minimum Gasteiger partial charge on any atom is -0.507 e. The molecule has 2 rings (SSSR count). The van der Waals surface area contributed by atoms with Gasteiger partial charge in [-0.1, -0.05) is 15.9 Å². The monoisotopic (exact) mass is 407 g/mol. The van der Waals surface area contributed by atoms with Crippen LogP contribution in [-0.4, -0.2) is 41.5 Å². The van der Waals surface area contributed by atoms with Crippen LogP contribution in [-0.2, 0) is 9.47 Å². The summed E-state index contributed by atoms with van der Waals surface area (Å²) < 4.78 is 10.1. The largest absolute Gasteiger partial charge is 0.507 e. The maximum Gasteiger partial charge on any atom is 0.357 e. The second kappa shape index (κ2) is 7.89. The Balaban J connectivity index is 2.52. The van der Waals surface area contributed by atoms with Crippen LogP contribution in [0.4, 0.5) is 0 Å². The fourth-order valence-electron chi connectivity index (χ4n) is 2.06. The second-order valence-corrected chi connectivity index (χ2v) is 5.74. The predicted octanol–water partition coefficient (Wildman–Crippen LogP) is 2.74. The van der Waals surface area contributed by atoms with Crippen LogP contribution in [0.3, 0.4) is 0 Å². The SMILES string of the molecule is CCOC(=O)c1ncc(C(=O)c2cc(Br)ccc2O)cc1C(=O)OC. The van der Waals surface area contributed by atoms with Crippen LogP contribution in [0.1, 0.15) is 43.7 Å². The molecule has 0 spiro atoms. The van der Waals surface area contributed by atoms with Gasteiger partial charge < -0.3 is 14.6 Å². The average Bonchev–Trinajstić information content (AvgIpc) is 2.62. The second-order valence-electron chi connectivity index (χ2n) is 4.82. The Morgan fingerprint density at radius 1 is 1.16 bits per heavy atom. The molecule has 0 unspecified atom stereocenters. The molecule has 130 valence electrons. The third kappa shape index (κ3) is 4.03. The Labute approximate surface area is 151 Å². The van der Waals surface area contributed by atoms with E-state index in [4.69, 9.17) is 4.74 Å². The third-order valence-electron chi connectivity index (χ3n) is 3.23. The number of esters is 2. The number of phenolic OH excluding ortho intramolecular Hbond substituents is 1. The van der Waals surface area contributed by atoms with Gasteiger partial charge in [-0.15, -0.1) is 0 Å². The fourth-order valence-corrected chi connectivity index (χ4v) is 2.42. The number of phenols is 1. The summed E-state index contributed by atoms with van der Waals surface area (Å²) in [7, 11) is 1.14. The van der Waals surface area contributed by atoms with E-state index < -0.39 is 17.7 Å². The molecule has 0 aliphatic rings. The van der Waals surface area contributed by atoms with Crippen molar-refractivity contribution in [2.75, 3.05) is 13.7 Å². The number of methoxy groups -OCH3 is 1. The number of halogens is 1. The predicted molar refractivity (Wildman–Crippen MR) is 90.8 cm³/mol. The van der Waals surface area contributed by atoms with Crippen LogP contribution >= 0.6 is 15.9 Å². The number of benzene rings is 1. The maximum absolute atomic E-state index is 12.6. The molecule has 25 heavy (non-hydrogen) atoms. The summed E-state index contributed by atoms with van der Waals surface area (Å²) in [6.45, 7) is 1.72. The van der Waals surface area contributed by atoms with Crippen molar-refractivity contribution < 1.29 is 29.0 Å². The van der Waals surface area contributed by atoms with Gasteiger partial charge in [-0.25, -0.2) is 14.6 Å². The van der Waals surface area contributed by atoms with Gasteiger partial charge in [0.05, 0.1) is 24.8 Å². The minimum atomic E-state index is -0.830. The van der Waals surface area contributed by atoms with Crippen molar-refractivity contribution in [2.24, 2.45) is 0 Å². The van der Waals surface area contributed by atoms with E-state index in [1.807, 2.05) is 0 Å². The van der Waals surface area contributed by atoms with Gasteiger partial charge in [-0.3, -0.25) is 4.79 Å². The molecule has 0 radical (unpaired) electrons. The molecule has 1 N–H and O–H groups in total. The summed E-state index contributed by atoms with van der Waals surface area (Å²) in [5, 5.41) is 9.88. The zero-order chi connectivity index (χ0) is 18.6. The van der Waals surface area contributed by atoms with Gasteiger partial charge in [0.1, 0.15) is 5.75 Å². The van der Waals surface area contributed by atoms with Crippen molar-refractivity contribution in [2.45, 2.75) is 6.92 Å². The summed E-state index contributed by atoms with van der Waals surface area (Å²) in [6, 6.07) is 5.57. The number of pyridine rings is 1. The van der Waals surface area contributed by atoms with Gasteiger partial charge in [-0.05, 0) is 31.2 Å². The molecule has 1 aromatic carbocycles. The van der Waals surface area contributed by atoms with Crippen LogP contribution in [0.5, 0.6) is 5.75 Å². The standard InChI is InChI=1S/C17H14BrNO6/c1-3-25-17(23)14-12(16(22)24-2)6-9(8-19-14)15(21)11-7-10(18)4-5-13(11)20/h4-8,20H,3H2,1-2H3. The lowest BCUT2D eigenvalue weighted by Crippen LogP contribution is -2.17. The number of rotatable bonds is 5. The first-order chi connectivity index (χ1) is 11.9. The van der Waals surface area contributed by atoms with Crippen LogP contribution in [0.2, 0.25) is 0 Å². The molecule has 0 aliphatic carbocycles. The summed E-state index contributed by atoms with van der Waals surface area (Å²) in [5.41, 5.74) is -0.400. The van der Waals surface area contributed by atoms with Gasteiger partial charge in [0.2, 0.25) is 0 Å². The maximum atomic E-state index is 12.6. The van der Waals surface area contributed by atoms with Crippen LogP contribution < -0.4 is 0 Å². The molecule has 1 aromatic heterocycles. The Bertz CT molecular complexity index is 849. The zero-order valence-electron chi connectivity index (χ0n) is 13.4. The molecule has 2 aromatic rings. The minimum absolute atomic E-state index is 0.0156. The number of hydrogen-bond donors (Lipinski definition) is 1. The van der Waals surface area contributed by atoms with Crippen molar-refractivity contribution in [3.05, 3.63) is 57.3 Å². The number of aromatic hydroxyl groups is 1. The van der Waals surface area contributed by atoms with Gasteiger partial charge >= 0.3 is 11.9 Å². The lowest BCUT2D eigenvalue weighted by Gasteiger charge is -2.09. The Kier molecular flexibility index (Phi) is 5.87. The van der Waals surface area contributed by atoms with E-state index in [0.29, 0.717) is 4.47 Å². The first-order valence-corrected chi connectivity index (χ1v) is 7.97. The Morgan fingerprint density at radius 3 is 2.52 bits per heavy atom. The average molecular weight is 408 g/mol. The molecule has 0 saturated heterocycles. The molecule has 0 fully saturated rings. The molecule has 0 saturated carbocycles. The van der Waals surface area contributed by atoms with Crippen molar-refractivity contribution in [1.29, 1.82) is 0 Å². The van der Waals surface area contributed by atoms with Crippen molar-refractivity contribution in [3.63, 3.8) is 0 Å². The van der Waals surface area contributed by atoms with E-state index >= 15 is 0 Å². The highest BCUT2D eigenvalue weighted by Gasteiger charge is 2.24. The van der Waals surface area contributed by atoms with Gasteiger partial charge in [-0.2, -0.15) is 0 Å². The van der Waals surface area contributed by atoms with Crippen molar-refractivity contribution >= 4 is 33.7 Å². The highest BCUT2D eigenvalue weighted by Crippen LogP contribution is 2.25. The normalized spacial score (nSPS) is 10.2. The van der Waals surface area contributed by atoms with Crippen molar-refractivity contribution in [1.82, 2.24) is 4.98 Å². The Morgan fingerprint density at radius 2 is 1.88 bits per heavy atom. The first kappa shape index (κ1) is 18.6. The lowest BCUT2D eigenvalue weighted by molar-refractivity contribution is 0.0496. The summed E-state index contributed by atoms with van der Waals surface area (Å²) in [5.74, 6) is -2.41. The molecule has 0 bridgehead atoms. The van der Waals surface area contributed by atoms with Crippen LogP contribution in [0.15, 0.2) is 34.9 Å². The highest BCUT2D eigenvalue weighted by molar-refractivity contribution is 9.10. The number of ketones is 1. The molecule has 7 nitrogen and oxygen atoms in total. The quantitative estimate of drug-likeness (QED) is 0.600. The summed E-state index contributed by atoms with van der Waals surface area (Å²) in [6.07, 6.45) is 1.14. The molecular weight excluding hydrogens is 394 g/mol. The fraction of sp³-hybridized carbons (Fsp3) is 0.176. The molecular formula is C17H14BrNO6. The molecule has 8 heteroatoms. The molecule has 0 amide bonds. The van der Waals surface area contributed by atoms with Crippen LogP contribution in [0, 0.1) is 0 Å². The zero-order valence-corrected chi connectivity index (χ0v) is 15.0. The van der Waals surface area contributed by atoms with E-state index in [1.165, 1.54) is 18.2 Å².